The Morgan fingerprint density at radius 2 is 2.23 bits per heavy atom. The lowest BCUT2D eigenvalue weighted by molar-refractivity contribution is 0.109. The average molecular weight is 304 g/mol. The van der Waals surface area contributed by atoms with E-state index in [0.717, 1.165) is 50.7 Å². The zero-order chi connectivity index (χ0) is 15.5. The molecule has 7 heteroatoms. The molecule has 3 heterocycles. The van der Waals surface area contributed by atoms with Gasteiger partial charge >= 0.3 is 0 Å². The standard InChI is InChI=1S/C15H24N6O/c1-4-13-10-20(6-5-19(13)7-8-22-3)14-9-12(2)18-15-16-11-17-21(14)15/h9,11,13H,4-8,10H2,1-3H3. The molecule has 0 bridgehead atoms. The summed E-state index contributed by atoms with van der Waals surface area (Å²) >= 11 is 0. The number of methoxy groups -OCH3 is 1. The summed E-state index contributed by atoms with van der Waals surface area (Å²) in [4.78, 5) is 13.6. The maximum atomic E-state index is 5.23. The molecule has 0 amide bonds. The van der Waals surface area contributed by atoms with E-state index >= 15 is 0 Å². The maximum absolute atomic E-state index is 5.23. The van der Waals surface area contributed by atoms with E-state index in [1.807, 2.05) is 11.4 Å². The molecule has 0 spiro atoms. The summed E-state index contributed by atoms with van der Waals surface area (Å²) in [5, 5.41) is 4.32. The summed E-state index contributed by atoms with van der Waals surface area (Å²) in [6, 6.07) is 2.63. The zero-order valence-corrected chi connectivity index (χ0v) is 13.6. The molecule has 3 rings (SSSR count). The minimum absolute atomic E-state index is 0.538. The van der Waals surface area contributed by atoms with Crippen LogP contribution in [-0.2, 0) is 4.74 Å². The lowest BCUT2D eigenvalue weighted by Gasteiger charge is -2.42. The smallest absolute Gasteiger partial charge is 0.254 e. The number of piperazine rings is 1. The molecule has 1 fully saturated rings. The van der Waals surface area contributed by atoms with E-state index in [2.05, 4.69) is 37.9 Å². The molecule has 2 aromatic rings. The molecular weight excluding hydrogens is 280 g/mol. The van der Waals surface area contributed by atoms with E-state index in [0.29, 0.717) is 11.8 Å². The van der Waals surface area contributed by atoms with Gasteiger partial charge in [0.25, 0.3) is 5.78 Å². The van der Waals surface area contributed by atoms with Crippen LogP contribution in [0.2, 0.25) is 0 Å². The molecule has 22 heavy (non-hydrogen) atoms. The quantitative estimate of drug-likeness (QED) is 0.821. The van der Waals surface area contributed by atoms with Crippen LogP contribution in [0.4, 0.5) is 5.82 Å². The van der Waals surface area contributed by atoms with E-state index in [1.165, 1.54) is 0 Å². The van der Waals surface area contributed by atoms with E-state index in [-0.39, 0.29) is 0 Å². The van der Waals surface area contributed by atoms with Crippen molar-refractivity contribution in [3.63, 3.8) is 0 Å². The van der Waals surface area contributed by atoms with Crippen molar-refractivity contribution < 1.29 is 4.74 Å². The van der Waals surface area contributed by atoms with Gasteiger partial charge in [-0.25, -0.2) is 4.98 Å². The minimum atomic E-state index is 0.538. The third kappa shape index (κ3) is 2.91. The van der Waals surface area contributed by atoms with Crippen LogP contribution in [0, 0.1) is 6.92 Å². The van der Waals surface area contributed by atoms with Gasteiger partial charge in [0.05, 0.1) is 6.61 Å². The second-order valence-electron chi connectivity index (χ2n) is 5.76. The van der Waals surface area contributed by atoms with Crippen LogP contribution >= 0.6 is 0 Å². The van der Waals surface area contributed by atoms with Crippen LogP contribution in [-0.4, -0.2) is 70.4 Å². The first-order valence-corrected chi connectivity index (χ1v) is 7.88. The molecule has 120 valence electrons. The van der Waals surface area contributed by atoms with Crippen LogP contribution in [0.5, 0.6) is 0 Å². The Balaban J connectivity index is 1.82. The van der Waals surface area contributed by atoms with Crippen LogP contribution in [0.3, 0.4) is 0 Å². The highest BCUT2D eigenvalue weighted by Gasteiger charge is 2.27. The largest absolute Gasteiger partial charge is 0.383 e. The number of anilines is 1. The maximum Gasteiger partial charge on any atom is 0.254 e. The monoisotopic (exact) mass is 304 g/mol. The van der Waals surface area contributed by atoms with E-state index in [9.17, 15) is 0 Å². The lowest BCUT2D eigenvalue weighted by Crippen LogP contribution is -2.54. The zero-order valence-electron chi connectivity index (χ0n) is 13.6. The molecule has 2 aromatic heterocycles. The van der Waals surface area contributed by atoms with Crippen molar-refractivity contribution >= 4 is 11.6 Å². The summed E-state index contributed by atoms with van der Waals surface area (Å²) in [6.07, 6.45) is 2.70. The van der Waals surface area contributed by atoms with Crippen molar-refractivity contribution in [2.45, 2.75) is 26.3 Å². The van der Waals surface area contributed by atoms with Crippen LogP contribution in [0.15, 0.2) is 12.4 Å². The van der Waals surface area contributed by atoms with Gasteiger partial charge in [-0.15, -0.1) is 0 Å². The van der Waals surface area contributed by atoms with Gasteiger partial charge in [-0.2, -0.15) is 14.6 Å². The summed E-state index contributed by atoms with van der Waals surface area (Å²) in [6.45, 7) is 9.06. The van der Waals surface area contributed by atoms with Crippen molar-refractivity contribution in [2.24, 2.45) is 0 Å². The number of rotatable bonds is 5. The van der Waals surface area contributed by atoms with Crippen molar-refractivity contribution in [1.29, 1.82) is 0 Å². The first-order valence-electron chi connectivity index (χ1n) is 7.88. The van der Waals surface area contributed by atoms with E-state index < -0.39 is 0 Å². The highest BCUT2D eigenvalue weighted by molar-refractivity contribution is 5.47. The van der Waals surface area contributed by atoms with Gasteiger partial charge in [-0.05, 0) is 13.3 Å². The van der Waals surface area contributed by atoms with Crippen molar-refractivity contribution in [3.05, 3.63) is 18.1 Å². The number of hydrogen-bond donors (Lipinski definition) is 0. The highest BCUT2D eigenvalue weighted by atomic mass is 16.5. The number of aromatic nitrogens is 4. The molecule has 0 N–H and O–H groups in total. The molecule has 0 aliphatic carbocycles. The van der Waals surface area contributed by atoms with Gasteiger partial charge in [0.15, 0.2) is 0 Å². The number of ether oxygens (including phenoxy) is 1. The van der Waals surface area contributed by atoms with Gasteiger partial charge in [0.1, 0.15) is 12.1 Å². The fraction of sp³-hybridized carbons (Fsp3) is 0.667. The summed E-state index contributed by atoms with van der Waals surface area (Å²) in [5.74, 6) is 1.76. The molecule has 1 unspecified atom stereocenters. The lowest BCUT2D eigenvalue weighted by atomic mass is 10.1. The first kappa shape index (κ1) is 15.2. The average Bonchev–Trinajstić information content (AvgIpc) is 3.00. The topological polar surface area (TPSA) is 58.8 Å². The fourth-order valence-electron chi connectivity index (χ4n) is 3.13. The van der Waals surface area contributed by atoms with Crippen molar-refractivity contribution in [2.75, 3.05) is 44.8 Å². The Kier molecular flexibility index (Phi) is 4.54. The van der Waals surface area contributed by atoms with Gasteiger partial charge in [0, 0.05) is 51.1 Å². The molecule has 1 saturated heterocycles. The molecule has 0 aromatic carbocycles. The van der Waals surface area contributed by atoms with Crippen LogP contribution in [0.25, 0.3) is 5.78 Å². The predicted molar refractivity (Wildman–Crippen MR) is 85.3 cm³/mol. The summed E-state index contributed by atoms with van der Waals surface area (Å²) < 4.78 is 7.06. The van der Waals surface area contributed by atoms with Gasteiger partial charge in [-0.1, -0.05) is 6.92 Å². The fourth-order valence-corrected chi connectivity index (χ4v) is 3.13. The molecule has 1 aliphatic heterocycles. The predicted octanol–water partition coefficient (Wildman–Crippen LogP) is 0.980. The van der Waals surface area contributed by atoms with Crippen LogP contribution < -0.4 is 4.90 Å². The molecule has 0 saturated carbocycles. The Hall–Kier alpha value is -1.73. The third-order valence-corrected chi connectivity index (χ3v) is 4.34. The Labute approximate surface area is 130 Å². The molecule has 1 atom stereocenters. The Bertz CT molecular complexity index is 628. The van der Waals surface area contributed by atoms with Gasteiger partial charge in [0.2, 0.25) is 0 Å². The second kappa shape index (κ2) is 6.58. The number of hydrogen-bond acceptors (Lipinski definition) is 6. The number of aryl methyl sites for hydroxylation is 1. The van der Waals surface area contributed by atoms with Crippen LogP contribution in [0.1, 0.15) is 19.0 Å². The van der Waals surface area contributed by atoms with E-state index in [4.69, 9.17) is 4.74 Å². The van der Waals surface area contributed by atoms with Gasteiger partial charge < -0.3 is 9.64 Å². The van der Waals surface area contributed by atoms with Gasteiger partial charge in [-0.3, -0.25) is 4.90 Å². The Morgan fingerprint density at radius 1 is 1.36 bits per heavy atom. The SMILES string of the molecule is CCC1CN(c2cc(C)nc3ncnn23)CCN1CCOC. The summed E-state index contributed by atoms with van der Waals surface area (Å²) in [5.41, 5.74) is 0.977. The molecule has 7 nitrogen and oxygen atoms in total. The first-order chi connectivity index (χ1) is 10.7. The second-order valence-corrected chi connectivity index (χ2v) is 5.76. The minimum Gasteiger partial charge on any atom is -0.383 e. The number of fused-ring (bicyclic) bond motifs is 1. The molecule has 0 radical (unpaired) electrons. The highest BCUT2D eigenvalue weighted by Crippen LogP contribution is 2.21. The van der Waals surface area contributed by atoms with Crippen molar-refractivity contribution in [3.8, 4) is 0 Å². The Morgan fingerprint density at radius 3 is 3.00 bits per heavy atom. The third-order valence-electron chi connectivity index (χ3n) is 4.34. The molecular formula is C15H24N6O. The molecule has 1 aliphatic rings. The summed E-state index contributed by atoms with van der Waals surface area (Å²) in [7, 11) is 1.76. The number of nitrogens with zero attached hydrogens (tertiary/aromatic N) is 6. The van der Waals surface area contributed by atoms with Crippen molar-refractivity contribution in [1.82, 2.24) is 24.5 Å². The normalized spacial score (nSPS) is 20.0. The van der Waals surface area contributed by atoms with E-state index in [1.54, 1.807) is 13.4 Å².